The SMILES string of the molecule is OCc1onc(-c2cccc(Cl)c2)c1Br. The highest BCUT2D eigenvalue weighted by atomic mass is 79.9. The lowest BCUT2D eigenvalue weighted by molar-refractivity contribution is 0.228. The zero-order valence-electron chi connectivity index (χ0n) is 7.58. The topological polar surface area (TPSA) is 46.3 Å². The van der Waals surface area contributed by atoms with Crippen molar-refractivity contribution in [2.24, 2.45) is 0 Å². The van der Waals surface area contributed by atoms with Crippen molar-refractivity contribution < 1.29 is 9.63 Å². The van der Waals surface area contributed by atoms with E-state index in [2.05, 4.69) is 21.1 Å². The Kier molecular flexibility index (Phi) is 3.09. The highest BCUT2D eigenvalue weighted by molar-refractivity contribution is 9.10. The van der Waals surface area contributed by atoms with E-state index in [9.17, 15) is 0 Å². The summed E-state index contributed by atoms with van der Waals surface area (Å²) in [5, 5.41) is 13.4. The van der Waals surface area contributed by atoms with Crippen LogP contribution in [-0.4, -0.2) is 10.3 Å². The van der Waals surface area contributed by atoms with Crippen LogP contribution in [0.5, 0.6) is 0 Å². The molecule has 1 aromatic carbocycles. The Bertz CT molecular complexity index is 484. The van der Waals surface area contributed by atoms with Gasteiger partial charge >= 0.3 is 0 Å². The Labute approximate surface area is 99.8 Å². The van der Waals surface area contributed by atoms with E-state index in [0.29, 0.717) is 20.9 Å². The van der Waals surface area contributed by atoms with Gasteiger partial charge in [0.1, 0.15) is 12.3 Å². The Morgan fingerprint density at radius 2 is 2.27 bits per heavy atom. The summed E-state index contributed by atoms with van der Waals surface area (Å²) in [6.07, 6.45) is 0. The standard InChI is InChI=1S/C10H7BrClNO2/c11-9-8(5-14)15-13-10(9)6-2-1-3-7(12)4-6/h1-4,14H,5H2. The van der Waals surface area contributed by atoms with Gasteiger partial charge in [-0.25, -0.2) is 0 Å². The van der Waals surface area contributed by atoms with Gasteiger partial charge in [-0.05, 0) is 28.1 Å². The van der Waals surface area contributed by atoms with E-state index in [1.165, 1.54) is 0 Å². The van der Waals surface area contributed by atoms with Gasteiger partial charge in [-0.1, -0.05) is 28.9 Å². The molecule has 0 aliphatic rings. The summed E-state index contributed by atoms with van der Waals surface area (Å²) in [6.45, 7) is -0.186. The Morgan fingerprint density at radius 3 is 2.87 bits per heavy atom. The molecule has 0 radical (unpaired) electrons. The summed E-state index contributed by atoms with van der Waals surface area (Å²) >= 11 is 9.18. The number of hydrogen-bond donors (Lipinski definition) is 1. The number of aliphatic hydroxyl groups is 1. The first-order valence-corrected chi connectivity index (χ1v) is 5.40. The van der Waals surface area contributed by atoms with Gasteiger partial charge in [-0.2, -0.15) is 0 Å². The van der Waals surface area contributed by atoms with Crippen LogP contribution in [0, 0.1) is 0 Å². The van der Waals surface area contributed by atoms with Crippen LogP contribution in [0.4, 0.5) is 0 Å². The molecule has 1 heterocycles. The minimum Gasteiger partial charge on any atom is -0.388 e. The molecule has 0 aliphatic heterocycles. The van der Waals surface area contributed by atoms with Crippen molar-refractivity contribution in [3.63, 3.8) is 0 Å². The van der Waals surface area contributed by atoms with Gasteiger partial charge in [0.2, 0.25) is 0 Å². The molecule has 3 nitrogen and oxygen atoms in total. The highest BCUT2D eigenvalue weighted by Crippen LogP contribution is 2.31. The van der Waals surface area contributed by atoms with E-state index >= 15 is 0 Å². The minimum absolute atomic E-state index is 0.186. The summed E-state index contributed by atoms with van der Waals surface area (Å²) in [5.74, 6) is 0.407. The van der Waals surface area contributed by atoms with Crippen molar-refractivity contribution >= 4 is 27.5 Å². The fourth-order valence-corrected chi connectivity index (χ4v) is 1.92. The van der Waals surface area contributed by atoms with Crippen LogP contribution in [0.2, 0.25) is 5.02 Å². The maximum atomic E-state index is 8.94. The van der Waals surface area contributed by atoms with Crippen LogP contribution in [0.1, 0.15) is 5.76 Å². The van der Waals surface area contributed by atoms with Gasteiger partial charge in [0.15, 0.2) is 5.76 Å². The van der Waals surface area contributed by atoms with Gasteiger partial charge < -0.3 is 9.63 Å². The Morgan fingerprint density at radius 1 is 1.47 bits per heavy atom. The second-order valence-electron chi connectivity index (χ2n) is 2.94. The molecule has 0 saturated heterocycles. The molecule has 1 N–H and O–H groups in total. The van der Waals surface area contributed by atoms with Crippen LogP contribution < -0.4 is 0 Å². The van der Waals surface area contributed by atoms with Crippen LogP contribution in [0.25, 0.3) is 11.3 Å². The quantitative estimate of drug-likeness (QED) is 0.922. The third-order valence-corrected chi connectivity index (χ3v) is 2.99. The van der Waals surface area contributed by atoms with Gasteiger partial charge in [0.05, 0.1) is 4.47 Å². The highest BCUT2D eigenvalue weighted by Gasteiger charge is 2.14. The summed E-state index contributed by atoms with van der Waals surface area (Å²) < 4.78 is 5.61. The number of halogens is 2. The third-order valence-electron chi connectivity index (χ3n) is 1.94. The molecule has 0 unspecified atom stereocenters. The number of aromatic nitrogens is 1. The van der Waals surface area contributed by atoms with E-state index in [1.54, 1.807) is 12.1 Å². The van der Waals surface area contributed by atoms with Crippen molar-refractivity contribution in [3.05, 3.63) is 39.5 Å². The predicted octanol–water partition coefficient (Wildman–Crippen LogP) is 3.25. The smallest absolute Gasteiger partial charge is 0.176 e. The molecule has 0 aliphatic carbocycles. The van der Waals surface area contributed by atoms with E-state index in [-0.39, 0.29) is 6.61 Å². The Balaban J connectivity index is 2.49. The molecule has 15 heavy (non-hydrogen) atoms. The first kappa shape index (κ1) is 10.7. The lowest BCUT2D eigenvalue weighted by Crippen LogP contribution is -1.80. The van der Waals surface area contributed by atoms with E-state index in [4.69, 9.17) is 21.2 Å². The van der Waals surface area contributed by atoms with Crippen molar-refractivity contribution in [1.29, 1.82) is 0 Å². The molecule has 5 heteroatoms. The van der Waals surface area contributed by atoms with Crippen LogP contribution in [0.3, 0.4) is 0 Å². The fourth-order valence-electron chi connectivity index (χ4n) is 1.23. The second-order valence-corrected chi connectivity index (χ2v) is 4.17. The van der Waals surface area contributed by atoms with Crippen LogP contribution in [0.15, 0.2) is 33.3 Å². The van der Waals surface area contributed by atoms with Crippen molar-refractivity contribution in [2.75, 3.05) is 0 Å². The largest absolute Gasteiger partial charge is 0.388 e. The molecular weight excluding hydrogens is 281 g/mol. The van der Waals surface area contributed by atoms with Crippen molar-refractivity contribution in [1.82, 2.24) is 5.16 Å². The predicted molar refractivity (Wildman–Crippen MR) is 60.6 cm³/mol. The molecule has 1 aromatic heterocycles. The maximum absolute atomic E-state index is 8.94. The zero-order valence-corrected chi connectivity index (χ0v) is 9.92. The van der Waals surface area contributed by atoms with Gasteiger partial charge in [-0.3, -0.25) is 0 Å². The number of rotatable bonds is 2. The molecule has 0 fully saturated rings. The number of benzene rings is 1. The lowest BCUT2D eigenvalue weighted by atomic mass is 10.1. The van der Waals surface area contributed by atoms with E-state index < -0.39 is 0 Å². The Hall–Kier alpha value is -0.840. The third kappa shape index (κ3) is 2.07. The van der Waals surface area contributed by atoms with Crippen LogP contribution >= 0.6 is 27.5 Å². The second kappa shape index (κ2) is 4.35. The van der Waals surface area contributed by atoms with E-state index in [1.807, 2.05) is 12.1 Å². The summed E-state index contributed by atoms with van der Waals surface area (Å²) in [6, 6.07) is 7.27. The van der Waals surface area contributed by atoms with Gasteiger partial charge in [0.25, 0.3) is 0 Å². The van der Waals surface area contributed by atoms with Crippen molar-refractivity contribution in [3.8, 4) is 11.3 Å². The lowest BCUT2D eigenvalue weighted by Gasteiger charge is -1.97. The summed E-state index contributed by atoms with van der Waals surface area (Å²) in [5.41, 5.74) is 1.49. The van der Waals surface area contributed by atoms with Crippen molar-refractivity contribution in [2.45, 2.75) is 6.61 Å². The molecule has 0 amide bonds. The number of hydrogen-bond acceptors (Lipinski definition) is 3. The number of nitrogens with zero attached hydrogens (tertiary/aromatic N) is 1. The molecule has 2 rings (SSSR count). The molecule has 2 aromatic rings. The molecule has 0 saturated carbocycles. The fraction of sp³-hybridized carbons (Fsp3) is 0.100. The first-order chi connectivity index (χ1) is 7.22. The maximum Gasteiger partial charge on any atom is 0.176 e. The van der Waals surface area contributed by atoms with E-state index in [0.717, 1.165) is 5.56 Å². The average molecular weight is 289 g/mol. The minimum atomic E-state index is -0.186. The molecule has 0 spiro atoms. The summed E-state index contributed by atoms with van der Waals surface area (Å²) in [7, 11) is 0. The van der Waals surface area contributed by atoms with Gasteiger partial charge in [0, 0.05) is 10.6 Å². The molecule has 0 bridgehead atoms. The first-order valence-electron chi connectivity index (χ1n) is 4.23. The molecule has 78 valence electrons. The monoisotopic (exact) mass is 287 g/mol. The van der Waals surface area contributed by atoms with Crippen LogP contribution in [-0.2, 0) is 6.61 Å². The summed E-state index contributed by atoms with van der Waals surface area (Å²) in [4.78, 5) is 0. The zero-order chi connectivity index (χ0) is 10.8. The molecule has 0 atom stereocenters. The normalized spacial score (nSPS) is 10.6. The average Bonchev–Trinajstić information content (AvgIpc) is 2.59. The van der Waals surface area contributed by atoms with Gasteiger partial charge in [-0.15, -0.1) is 0 Å². The molecular formula is C10H7BrClNO2. The number of aliphatic hydroxyl groups excluding tert-OH is 1.